The fraction of sp³-hybridized carbons (Fsp3) is 0.0909. The third-order valence-corrected chi connectivity index (χ3v) is 12.0. The van der Waals surface area contributed by atoms with E-state index in [1.807, 2.05) is 0 Å². The average molecular weight is 1090 g/mol. The molecule has 0 bridgehead atoms. The summed E-state index contributed by atoms with van der Waals surface area (Å²) < 4.78 is 189. The third kappa shape index (κ3) is 13.9. The van der Waals surface area contributed by atoms with Gasteiger partial charge in [-0.1, -0.05) is 12.1 Å². The van der Waals surface area contributed by atoms with Crippen molar-refractivity contribution in [2.45, 2.75) is 19.6 Å². The van der Waals surface area contributed by atoms with Gasteiger partial charge < -0.3 is 62.7 Å². The van der Waals surface area contributed by atoms with E-state index in [-0.39, 0.29) is 44.3 Å². The van der Waals surface area contributed by atoms with Gasteiger partial charge in [-0.3, -0.25) is 13.7 Å². The van der Waals surface area contributed by atoms with Gasteiger partial charge in [0.25, 0.3) is 30.4 Å². The van der Waals surface area contributed by atoms with Gasteiger partial charge in [-0.15, -0.1) is 10.2 Å². The van der Waals surface area contributed by atoms with Crippen molar-refractivity contribution in [1.82, 2.24) is 0 Å². The molecular weight excluding hydrogens is 1050 g/mol. The minimum Gasteiger partial charge on any atom is -0.505 e. The van der Waals surface area contributed by atoms with E-state index in [2.05, 4.69) is 41.3 Å². The normalized spacial score (nSPS) is 14.1. The maximum Gasteiger partial charge on any atom is 0.296 e. The van der Waals surface area contributed by atoms with Gasteiger partial charge in [0.15, 0.2) is 11.5 Å². The molecule has 0 aliphatic rings. The van der Waals surface area contributed by atoms with Crippen molar-refractivity contribution in [3.8, 4) is 11.5 Å². The molecule has 0 amide bonds. The quantitative estimate of drug-likeness (QED) is 0.0344. The molecule has 30 nitrogen and oxygen atoms in total. The lowest BCUT2D eigenvalue weighted by molar-refractivity contribution is 0.374. The number of rotatable bonds is 10. The predicted octanol–water partition coefficient (Wildman–Crippen LogP) is 9.93. The molecule has 6 aromatic rings. The van der Waals surface area contributed by atoms with Crippen LogP contribution in [-0.4, -0.2) is 110 Å². The van der Waals surface area contributed by atoms with Crippen LogP contribution < -0.4 is 11.5 Å². The van der Waals surface area contributed by atoms with Gasteiger partial charge in [0.05, 0.1) is 60.4 Å². The number of hydrogen-bond acceptors (Lipinski definition) is 27. The van der Waals surface area contributed by atoms with E-state index >= 15 is 0 Å². The van der Waals surface area contributed by atoms with E-state index in [1.54, 1.807) is 0 Å². The first kappa shape index (κ1) is 54.1. The van der Waals surface area contributed by atoms with Gasteiger partial charge in [-0.05, 0) is 59.3 Å². The van der Waals surface area contributed by atoms with Gasteiger partial charge in [0.2, 0.25) is 1.41 Å². The van der Waals surface area contributed by atoms with Crippen LogP contribution in [0.1, 0.15) is 0 Å². The number of anilines is 2. The summed E-state index contributed by atoms with van der Waals surface area (Å²) in [5, 5.41) is 46.8. The zero-order chi connectivity index (χ0) is 53.3. The summed E-state index contributed by atoms with van der Waals surface area (Å²) in [6, 6.07) is 10.2. The second kappa shape index (κ2) is 20.2. The maximum atomic E-state index is 12.8. The maximum absolute atomic E-state index is 12.8. The number of aromatic hydroxyl groups is 2. The fourth-order valence-corrected chi connectivity index (χ4v) is 8.73. The molecule has 0 radical (unpaired) electrons. The predicted molar refractivity (Wildman–Crippen MR) is 254 cm³/mol. The number of phenolic OH excluding ortho intramolecular Hbond substituents is 2. The number of nitrogens with two attached hydrogens (primary N) is 2. The highest BCUT2D eigenvalue weighted by Crippen LogP contribution is 2.56. The van der Waals surface area contributed by atoms with Crippen molar-refractivity contribution in [1.29, 1.82) is 5.52 Å². The zero-order valence-corrected chi connectivity index (χ0v) is 39.6. The summed E-state index contributed by atoms with van der Waals surface area (Å²) in [5.74, 6) is -1.85. The SMILES string of the molecule is CS(=O)(=O)O.CS(O)(O)O.[2H]N=Nc1ccc2cc(S(O)(O)O)c(N=Nc3cc(S(=O)(=O)O)c4cc(N=Nc5c(S(=O)(=O)O)cc6ccc(N=NC)c(N)c6c5O)cc(S(O)(O)O)c4c3)c(O)c2c1N. The molecule has 0 aromatic heterocycles. The Morgan fingerprint density at radius 1 is 0.522 bits per heavy atom. The number of benzene rings is 6. The molecule has 0 atom stereocenters. The van der Waals surface area contributed by atoms with E-state index in [9.17, 15) is 71.9 Å². The average Bonchev–Trinajstić information content (AvgIpc) is 3.18. The van der Waals surface area contributed by atoms with Crippen molar-refractivity contribution in [2.24, 2.45) is 35.8 Å². The highest BCUT2D eigenvalue weighted by molar-refractivity contribution is 8.20. The van der Waals surface area contributed by atoms with Crippen molar-refractivity contribution in [2.75, 3.05) is 31.0 Å². The topological polar surface area (TPSA) is 548 Å². The van der Waals surface area contributed by atoms with E-state index in [4.69, 9.17) is 31.1 Å². The second-order valence-corrected chi connectivity index (χ2v) is 22.4. The number of hydrogen-bond donors (Lipinski definition) is 17. The molecule has 0 aliphatic heterocycles. The van der Waals surface area contributed by atoms with Crippen LogP contribution in [0.15, 0.2) is 116 Å². The summed E-state index contributed by atoms with van der Waals surface area (Å²) >= 11 is 0. The Kier molecular flexibility index (Phi) is 15.8. The molecule has 0 spiro atoms. The Hall–Kier alpha value is -5.88. The van der Waals surface area contributed by atoms with Crippen molar-refractivity contribution in [3.05, 3.63) is 60.7 Å². The van der Waals surface area contributed by atoms with Crippen LogP contribution >= 0.6 is 32.6 Å². The summed E-state index contributed by atoms with van der Waals surface area (Å²) in [6.45, 7) is 0. The molecule has 0 saturated heterocycles. The highest BCUT2D eigenvalue weighted by atomic mass is 32.3. The molecule has 0 unspecified atom stereocenters. The molecule has 0 saturated carbocycles. The van der Waals surface area contributed by atoms with Crippen molar-refractivity contribution in [3.63, 3.8) is 0 Å². The number of phenols is 2. The summed E-state index contributed by atoms with van der Waals surface area (Å²) in [4.78, 5) is -3.73. The van der Waals surface area contributed by atoms with Crippen molar-refractivity contribution >= 4 is 141 Å². The molecule has 19 N–H and O–H groups in total. The molecule has 376 valence electrons. The fourth-order valence-electron chi connectivity index (χ4n) is 5.93. The first-order chi connectivity index (χ1) is 31.9. The summed E-state index contributed by atoms with van der Waals surface area (Å²) in [5.41, 5.74) is 11.7. The minimum absolute atomic E-state index is 0.00196. The monoisotopic (exact) mass is 1090 g/mol. The molecule has 6 rings (SSSR count). The van der Waals surface area contributed by atoms with Crippen molar-refractivity contribution < 1.29 is 91.5 Å². The van der Waals surface area contributed by atoms with Crippen LogP contribution in [0.4, 0.5) is 45.5 Å². The Labute approximate surface area is 394 Å². The molecule has 69 heavy (non-hydrogen) atoms. The lowest BCUT2D eigenvalue weighted by atomic mass is 10.1. The minimum atomic E-state index is -5.34. The summed E-state index contributed by atoms with van der Waals surface area (Å²) in [6.07, 6.45) is 1.65. The van der Waals surface area contributed by atoms with E-state index in [1.165, 1.54) is 31.3 Å². The zero-order valence-electron chi connectivity index (χ0n) is 35.7. The smallest absolute Gasteiger partial charge is 0.296 e. The van der Waals surface area contributed by atoms with Gasteiger partial charge in [0.1, 0.15) is 54.3 Å². The lowest BCUT2D eigenvalue weighted by Gasteiger charge is -2.23. The Morgan fingerprint density at radius 2 is 0.899 bits per heavy atom. The van der Waals surface area contributed by atoms with Crippen LogP contribution in [0.25, 0.3) is 32.3 Å². The van der Waals surface area contributed by atoms with Crippen LogP contribution in [0.3, 0.4) is 0 Å². The number of nitrogens with zero attached hydrogens (tertiary/aromatic N) is 7. The van der Waals surface area contributed by atoms with Crippen LogP contribution in [-0.2, 0) is 30.4 Å². The number of fused-ring (bicyclic) bond motifs is 3. The standard InChI is InChI=1S/C31H28N10O14S4.CH6O3S.CH4O3S/c1-35-39-19-5-3-13-7-23(59(53,54)55)29(31(43)25(13)27(19)33)41-38-15-9-17-16(21(11-15)57(47,48)49)8-14(10-20(17)56(44,45)46)37-40-28-22(58(50,51)52)6-12-2-4-18(36-34)26(32)24(12)30(28)42;2*1-5(2,3)4/h2-11,34,42-43,47-52H,32-33H2,1H3,(H,44,45,46)(H,53,54,55);2-4H,1H3;1H3,(H,2,3,4)/i/hD. The second-order valence-electron chi connectivity index (χ2n) is 13.6. The number of nitrogen functional groups attached to an aromatic ring is 2. The Bertz CT molecular complexity index is 3520. The number of nitrogens with one attached hydrogen (secondary N) is 1. The molecule has 0 aliphatic carbocycles. The molecule has 36 heteroatoms. The van der Waals surface area contributed by atoms with Gasteiger partial charge in [0, 0.05) is 24.1 Å². The Balaban J connectivity index is 0.000000967. The van der Waals surface area contributed by atoms with E-state index < -0.39 is 128 Å². The van der Waals surface area contributed by atoms with Crippen LogP contribution in [0.5, 0.6) is 11.5 Å². The molecule has 0 heterocycles. The van der Waals surface area contributed by atoms with E-state index in [0.717, 1.165) is 36.6 Å². The molecule has 0 fully saturated rings. The lowest BCUT2D eigenvalue weighted by Crippen LogP contribution is -2.02. The Morgan fingerprint density at radius 3 is 1.30 bits per heavy atom. The molecule has 6 aromatic carbocycles. The largest absolute Gasteiger partial charge is 0.505 e. The molecular formula is C33H38N10O20S6. The van der Waals surface area contributed by atoms with Gasteiger partial charge in [-0.2, -0.15) is 50.8 Å². The van der Waals surface area contributed by atoms with Gasteiger partial charge >= 0.3 is 0 Å². The van der Waals surface area contributed by atoms with E-state index in [0.29, 0.717) is 12.3 Å². The number of azo groups is 3. The summed E-state index contributed by atoms with van der Waals surface area (Å²) in [7, 11) is -25.6. The third-order valence-electron chi connectivity index (χ3n) is 8.43. The first-order valence-corrected chi connectivity index (χ1v) is 27.1. The highest BCUT2D eigenvalue weighted by Gasteiger charge is 2.29. The van der Waals surface area contributed by atoms with Gasteiger partial charge in [-0.25, -0.2) is 5.52 Å². The first-order valence-electron chi connectivity index (χ1n) is 17.9. The van der Waals surface area contributed by atoms with Crippen LogP contribution in [0.2, 0.25) is 1.41 Å². The van der Waals surface area contributed by atoms with Crippen LogP contribution in [0, 0.1) is 5.52 Å².